The average Bonchev–Trinajstić information content (AvgIpc) is 2.88. The van der Waals surface area contributed by atoms with Crippen LogP contribution in [0.2, 0.25) is 0 Å². The standard InChI is InChI=1S/C30H30N4O5/c1-29(2,3)34(28(37)38)30(16-22(35)17-30)21-11-9-20(10-12-21)26-23(19-7-5-4-6-8-19)15-24-27(32-26)39-18-25(36)33(24)14-13-31/h4-12,15,22,35H,14,16-18H2,1-3H3,(H,37,38)/t22-,30-. The smallest absolute Gasteiger partial charge is 0.408 e. The Morgan fingerprint density at radius 3 is 2.38 bits per heavy atom. The molecular weight excluding hydrogens is 496 g/mol. The molecule has 1 aromatic heterocycles. The van der Waals surface area contributed by atoms with Crippen molar-refractivity contribution in [3.8, 4) is 34.3 Å². The lowest BCUT2D eigenvalue weighted by Gasteiger charge is -2.56. The highest BCUT2D eigenvalue weighted by Crippen LogP contribution is 2.50. The van der Waals surface area contributed by atoms with Gasteiger partial charge in [0.05, 0.1) is 23.4 Å². The highest BCUT2D eigenvalue weighted by atomic mass is 16.5. The number of aromatic nitrogens is 1. The van der Waals surface area contributed by atoms with E-state index in [0.29, 0.717) is 24.2 Å². The zero-order valence-corrected chi connectivity index (χ0v) is 22.1. The summed E-state index contributed by atoms with van der Waals surface area (Å²) in [6, 6.07) is 21.1. The van der Waals surface area contributed by atoms with Gasteiger partial charge in [-0.2, -0.15) is 5.26 Å². The summed E-state index contributed by atoms with van der Waals surface area (Å²) in [5, 5.41) is 29.6. The van der Waals surface area contributed by atoms with Crippen molar-refractivity contribution in [3.63, 3.8) is 0 Å². The zero-order chi connectivity index (χ0) is 27.9. The van der Waals surface area contributed by atoms with E-state index in [4.69, 9.17) is 9.72 Å². The predicted octanol–water partition coefficient (Wildman–Crippen LogP) is 4.79. The molecule has 200 valence electrons. The molecule has 1 aliphatic heterocycles. The molecule has 1 fully saturated rings. The number of benzene rings is 2. The maximum atomic E-state index is 12.5. The fraction of sp³-hybridized carbons (Fsp3) is 0.333. The Hall–Kier alpha value is -4.42. The van der Waals surface area contributed by atoms with Crippen molar-refractivity contribution in [1.82, 2.24) is 9.88 Å². The summed E-state index contributed by atoms with van der Waals surface area (Å²) in [5.41, 5.74) is 2.78. The Kier molecular flexibility index (Phi) is 6.52. The number of hydrogen-bond donors (Lipinski definition) is 2. The number of aliphatic hydroxyl groups excluding tert-OH is 1. The van der Waals surface area contributed by atoms with Gasteiger partial charge in [-0.1, -0.05) is 54.6 Å². The largest absolute Gasteiger partial charge is 0.466 e. The molecule has 9 nitrogen and oxygen atoms in total. The summed E-state index contributed by atoms with van der Waals surface area (Å²) in [5.74, 6) is -0.0382. The van der Waals surface area contributed by atoms with Crippen molar-refractivity contribution in [2.24, 2.45) is 0 Å². The topological polar surface area (TPSA) is 127 Å². The number of carboxylic acid groups (broad SMARTS) is 1. The maximum Gasteiger partial charge on any atom is 0.408 e. The van der Waals surface area contributed by atoms with Crippen LogP contribution < -0.4 is 9.64 Å². The number of fused-ring (bicyclic) bond motifs is 1. The first-order valence-corrected chi connectivity index (χ1v) is 12.8. The molecule has 1 saturated carbocycles. The normalized spacial score (nSPS) is 20.3. The van der Waals surface area contributed by atoms with E-state index in [1.54, 1.807) is 0 Å². The van der Waals surface area contributed by atoms with Crippen LogP contribution in [0.15, 0.2) is 60.7 Å². The molecule has 2 amide bonds. The number of anilines is 1. The quantitative estimate of drug-likeness (QED) is 0.458. The predicted molar refractivity (Wildman–Crippen MR) is 145 cm³/mol. The summed E-state index contributed by atoms with van der Waals surface area (Å²) in [7, 11) is 0. The van der Waals surface area contributed by atoms with Gasteiger partial charge in [0, 0.05) is 29.5 Å². The molecule has 2 heterocycles. The van der Waals surface area contributed by atoms with E-state index in [2.05, 4.69) is 0 Å². The summed E-state index contributed by atoms with van der Waals surface area (Å²) in [4.78, 5) is 32.5. The Balaban J connectivity index is 1.62. The number of pyridine rings is 1. The lowest BCUT2D eigenvalue weighted by molar-refractivity contribution is -0.121. The van der Waals surface area contributed by atoms with Crippen LogP contribution in [0.1, 0.15) is 39.2 Å². The number of carbonyl (C=O) groups excluding carboxylic acids is 1. The molecular formula is C30H30N4O5. The average molecular weight is 527 g/mol. The Morgan fingerprint density at radius 2 is 1.82 bits per heavy atom. The minimum absolute atomic E-state index is 0.110. The van der Waals surface area contributed by atoms with E-state index in [0.717, 1.165) is 22.3 Å². The molecule has 1 aliphatic carbocycles. The van der Waals surface area contributed by atoms with Crippen molar-refractivity contribution < 1.29 is 24.5 Å². The molecule has 0 spiro atoms. The van der Waals surface area contributed by atoms with Crippen LogP contribution in [0, 0.1) is 11.3 Å². The van der Waals surface area contributed by atoms with Gasteiger partial charge in [0.25, 0.3) is 5.91 Å². The van der Waals surface area contributed by atoms with Gasteiger partial charge in [0.1, 0.15) is 12.2 Å². The number of carbonyl (C=O) groups is 2. The van der Waals surface area contributed by atoms with Crippen molar-refractivity contribution >= 4 is 17.7 Å². The number of rotatable bonds is 5. The maximum absolute atomic E-state index is 12.5. The molecule has 2 aromatic carbocycles. The van der Waals surface area contributed by atoms with E-state index in [1.165, 1.54) is 9.80 Å². The fourth-order valence-electron chi connectivity index (χ4n) is 5.75. The van der Waals surface area contributed by atoms with E-state index >= 15 is 0 Å². The first-order valence-electron chi connectivity index (χ1n) is 12.8. The van der Waals surface area contributed by atoms with Gasteiger partial charge in [0.15, 0.2) is 6.61 Å². The van der Waals surface area contributed by atoms with Crippen molar-refractivity contribution in [2.75, 3.05) is 18.1 Å². The van der Waals surface area contributed by atoms with Gasteiger partial charge >= 0.3 is 6.09 Å². The van der Waals surface area contributed by atoms with E-state index in [1.807, 2.05) is 87.5 Å². The second-order valence-electron chi connectivity index (χ2n) is 11.0. The number of aliphatic hydroxyl groups is 1. The Morgan fingerprint density at radius 1 is 1.15 bits per heavy atom. The molecule has 5 rings (SSSR count). The van der Waals surface area contributed by atoms with Crippen molar-refractivity contribution in [3.05, 3.63) is 66.2 Å². The second-order valence-corrected chi connectivity index (χ2v) is 11.0. The van der Waals surface area contributed by atoms with E-state index < -0.39 is 23.3 Å². The Labute approximate surface area is 226 Å². The highest BCUT2D eigenvalue weighted by molar-refractivity contribution is 5.99. The van der Waals surface area contributed by atoms with Gasteiger partial charge in [-0.05, 0) is 38.0 Å². The third kappa shape index (κ3) is 4.57. The monoisotopic (exact) mass is 526 g/mol. The van der Waals surface area contributed by atoms with Gasteiger partial charge in [0.2, 0.25) is 5.88 Å². The number of ether oxygens (including phenoxy) is 1. The van der Waals surface area contributed by atoms with Crippen LogP contribution in [-0.2, 0) is 10.3 Å². The second kappa shape index (κ2) is 9.71. The summed E-state index contributed by atoms with van der Waals surface area (Å²) < 4.78 is 5.67. The minimum Gasteiger partial charge on any atom is -0.466 e. The van der Waals surface area contributed by atoms with Crippen LogP contribution in [0.4, 0.5) is 10.5 Å². The van der Waals surface area contributed by atoms with E-state index in [9.17, 15) is 25.1 Å². The van der Waals surface area contributed by atoms with Crippen LogP contribution in [0.25, 0.3) is 22.4 Å². The summed E-state index contributed by atoms with van der Waals surface area (Å²) in [6.07, 6.45) is -0.968. The SMILES string of the molecule is CC(C)(C)N(C(=O)O)[C@]1(c2ccc(-c3nc4c(cc3-c3ccccc3)N(CC#N)C(=O)CO4)cc2)C[C@@H](O)C1. The fourth-order valence-corrected chi connectivity index (χ4v) is 5.75. The summed E-state index contributed by atoms with van der Waals surface area (Å²) >= 11 is 0. The number of nitriles is 1. The molecule has 0 radical (unpaired) electrons. The lowest BCUT2D eigenvalue weighted by Crippen LogP contribution is -2.64. The number of amides is 2. The van der Waals surface area contributed by atoms with Gasteiger partial charge in [-0.25, -0.2) is 9.78 Å². The first-order chi connectivity index (χ1) is 18.5. The van der Waals surface area contributed by atoms with Gasteiger partial charge in [-0.15, -0.1) is 0 Å². The van der Waals surface area contributed by atoms with Crippen LogP contribution in [-0.4, -0.2) is 56.9 Å². The number of nitrogens with zero attached hydrogens (tertiary/aromatic N) is 4. The molecule has 0 unspecified atom stereocenters. The van der Waals surface area contributed by atoms with Crippen molar-refractivity contribution in [2.45, 2.75) is 50.8 Å². The Bertz CT molecular complexity index is 1450. The van der Waals surface area contributed by atoms with Crippen molar-refractivity contribution in [1.29, 1.82) is 5.26 Å². The molecule has 2 N–H and O–H groups in total. The van der Waals surface area contributed by atoms with Gasteiger partial charge < -0.3 is 14.9 Å². The van der Waals surface area contributed by atoms with Gasteiger partial charge in [-0.3, -0.25) is 14.6 Å². The molecule has 3 aromatic rings. The third-order valence-corrected chi connectivity index (χ3v) is 7.34. The first kappa shape index (κ1) is 26.2. The molecule has 0 saturated heterocycles. The summed E-state index contributed by atoms with van der Waals surface area (Å²) in [6.45, 7) is 5.25. The molecule has 2 aliphatic rings. The minimum atomic E-state index is -1.03. The van der Waals surface area contributed by atoms with Crippen LogP contribution >= 0.6 is 0 Å². The van der Waals surface area contributed by atoms with Crippen LogP contribution in [0.3, 0.4) is 0 Å². The molecule has 0 bridgehead atoms. The highest BCUT2D eigenvalue weighted by Gasteiger charge is 2.54. The third-order valence-electron chi connectivity index (χ3n) is 7.34. The lowest BCUT2D eigenvalue weighted by atomic mass is 9.67. The molecule has 9 heteroatoms. The molecule has 39 heavy (non-hydrogen) atoms. The van der Waals surface area contributed by atoms with E-state index in [-0.39, 0.29) is 24.9 Å². The van der Waals surface area contributed by atoms with Crippen LogP contribution in [0.5, 0.6) is 5.88 Å². The zero-order valence-electron chi connectivity index (χ0n) is 22.1. The molecule has 0 atom stereocenters. The number of hydrogen-bond acceptors (Lipinski definition) is 6.